The molecule has 9 heteroatoms. The summed E-state index contributed by atoms with van der Waals surface area (Å²) in [5.74, 6) is -0.152. The molecule has 2 aromatic heterocycles. The SMILES string of the molecule is C[C@H](CO)N1C[C@H](C)[C@H](CN(C)C(=O)Cc2cccnc2)Oc2ncc(Br)cc2C1=O. The van der Waals surface area contributed by atoms with Crippen molar-refractivity contribution in [3.05, 3.63) is 52.4 Å². The zero-order chi connectivity index (χ0) is 22.5. The quantitative estimate of drug-likeness (QED) is 0.666. The van der Waals surface area contributed by atoms with Gasteiger partial charge in [-0.15, -0.1) is 0 Å². The van der Waals surface area contributed by atoms with Crippen LogP contribution in [0.25, 0.3) is 0 Å². The van der Waals surface area contributed by atoms with E-state index in [2.05, 4.69) is 25.9 Å². The minimum absolute atomic E-state index is 0.0495. The highest BCUT2D eigenvalue weighted by atomic mass is 79.9. The molecule has 0 radical (unpaired) electrons. The van der Waals surface area contributed by atoms with E-state index in [1.165, 1.54) is 0 Å². The smallest absolute Gasteiger partial charge is 0.259 e. The molecule has 0 spiro atoms. The average molecular weight is 491 g/mol. The van der Waals surface area contributed by atoms with Gasteiger partial charge in [0.05, 0.1) is 25.6 Å². The number of fused-ring (bicyclic) bond motifs is 1. The summed E-state index contributed by atoms with van der Waals surface area (Å²) in [6.07, 6.45) is 4.80. The topological polar surface area (TPSA) is 95.9 Å². The average Bonchev–Trinajstić information content (AvgIpc) is 2.76. The highest BCUT2D eigenvalue weighted by Gasteiger charge is 2.34. The van der Waals surface area contributed by atoms with Crippen LogP contribution < -0.4 is 4.74 Å². The van der Waals surface area contributed by atoms with Crippen molar-refractivity contribution in [2.24, 2.45) is 5.92 Å². The van der Waals surface area contributed by atoms with E-state index in [9.17, 15) is 14.7 Å². The summed E-state index contributed by atoms with van der Waals surface area (Å²) in [5.41, 5.74) is 1.17. The zero-order valence-corrected chi connectivity index (χ0v) is 19.4. The second-order valence-electron chi connectivity index (χ2n) is 7.94. The van der Waals surface area contributed by atoms with Gasteiger partial charge in [-0.2, -0.15) is 0 Å². The molecule has 0 fully saturated rings. The molecule has 166 valence electrons. The van der Waals surface area contributed by atoms with E-state index >= 15 is 0 Å². The molecule has 0 saturated carbocycles. The minimum atomic E-state index is -0.378. The number of likely N-dealkylation sites (N-methyl/N-ethyl adjacent to an activating group) is 1. The van der Waals surface area contributed by atoms with Gasteiger partial charge in [-0.1, -0.05) is 13.0 Å². The molecule has 1 aliphatic rings. The Morgan fingerprint density at radius 1 is 1.45 bits per heavy atom. The lowest BCUT2D eigenvalue weighted by Crippen LogP contribution is -2.50. The molecule has 31 heavy (non-hydrogen) atoms. The van der Waals surface area contributed by atoms with Crippen molar-refractivity contribution in [1.82, 2.24) is 19.8 Å². The van der Waals surface area contributed by atoms with Crippen LogP contribution in [0.3, 0.4) is 0 Å². The fraction of sp³-hybridized carbons (Fsp3) is 0.455. The van der Waals surface area contributed by atoms with Gasteiger partial charge in [0.15, 0.2) is 0 Å². The number of carbonyl (C=O) groups is 2. The number of rotatable bonds is 6. The Morgan fingerprint density at radius 2 is 2.23 bits per heavy atom. The van der Waals surface area contributed by atoms with E-state index in [1.54, 1.807) is 54.5 Å². The molecule has 2 aromatic rings. The van der Waals surface area contributed by atoms with Crippen molar-refractivity contribution >= 4 is 27.7 Å². The van der Waals surface area contributed by atoms with Gasteiger partial charge in [-0.25, -0.2) is 4.98 Å². The third-order valence-corrected chi connectivity index (χ3v) is 5.88. The third-order valence-electron chi connectivity index (χ3n) is 5.45. The molecule has 3 heterocycles. The second-order valence-corrected chi connectivity index (χ2v) is 8.86. The van der Waals surface area contributed by atoms with Gasteiger partial charge in [0.1, 0.15) is 11.7 Å². The van der Waals surface area contributed by atoms with Crippen LogP contribution in [0.1, 0.15) is 29.8 Å². The Kier molecular flexibility index (Phi) is 7.61. The third kappa shape index (κ3) is 5.59. The maximum absolute atomic E-state index is 13.1. The Bertz CT molecular complexity index is 927. The molecular weight excluding hydrogens is 464 g/mol. The first-order valence-corrected chi connectivity index (χ1v) is 11.0. The number of amides is 2. The first-order valence-electron chi connectivity index (χ1n) is 10.2. The lowest BCUT2D eigenvalue weighted by atomic mass is 10.00. The summed E-state index contributed by atoms with van der Waals surface area (Å²) in [6, 6.07) is 4.99. The Labute approximate surface area is 190 Å². The minimum Gasteiger partial charge on any atom is -0.472 e. The van der Waals surface area contributed by atoms with E-state index in [0.29, 0.717) is 23.1 Å². The zero-order valence-electron chi connectivity index (χ0n) is 17.9. The van der Waals surface area contributed by atoms with Crippen LogP contribution in [0.2, 0.25) is 0 Å². The van der Waals surface area contributed by atoms with Gasteiger partial charge in [0, 0.05) is 42.6 Å². The summed E-state index contributed by atoms with van der Waals surface area (Å²) in [6.45, 7) is 4.36. The maximum Gasteiger partial charge on any atom is 0.259 e. The number of nitrogens with zero attached hydrogens (tertiary/aromatic N) is 4. The monoisotopic (exact) mass is 490 g/mol. The Balaban J connectivity index is 1.83. The lowest BCUT2D eigenvalue weighted by molar-refractivity contribution is -0.130. The summed E-state index contributed by atoms with van der Waals surface area (Å²) in [5, 5.41) is 9.67. The molecule has 3 atom stereocenters. The van der Waals surface area contributed by atoms with E-state index in [-0.39, 0.29) is 48.8 Å². The second kappa shape index (κ2) is 10.2. The van der Waals surface area contributed by atoms with Crippen LogP contribution in [0.5, 0.6) is 5.88 Å². The van der Waals surface area contributed by atoms with Gasteiger partial charge < -0.3 is 19.6 Å². The van der Waals surface area contributed by atoms with E-state index in [1.807, 2.05) is 13.0 Å². The van der Waals surface area contributed by atoms with Crippen molar-refractivity contribution in [3.63, 3.8) is 0 Å². The van der Waals surface area contributed by atoms with Crippen LogP contribution >= 0.6 is 15.9 Å². The standard InChI is InChI=1S/C22H27BrN4O4/c1-14-11-27(15(2)13-28)22(30)18-8-17(23)10-25-21(18)31-19(14)12-26(3)20(29)7-16-5-4-6-24-9-16/h4-6,8-10,14-15,19,28H,7,11-13H2,1-3H3/t14-,15+,19-/m0/s1. The van der Waals surface area contributed by atoms with Crippen LogP contribution in [-0.2, 0) is 11.2 Å². The highest BCUT2D eigenvalue weighted by molar-refractivity contribution is 9.10. The van der Waals surface area contributed by atoms with Crippen molar-refractivity contribution in [1.29, 1.82) is 0 Å². The van der Waals surface area contributed by atoms with E-state index < -0.39 is 0 Å². The van der Waals surface area contributed by atoms with Crippen LogP contribution in [-0.4, -0.2) is 75.6 Å². The van der Waals surface area contributed by atoms with Gasteiger partial charge in [0.25, 0.3) is 5.91 Å². The predicted molar refractivity (Wildman–Crippen MR) is 119 cm³/mol. The summed E-state index contributed by atoms with van der Waals surface area (Å²) in [4.78, 5) is 37.5. The van der Waals surface area contributed by atoms with Crippen molar-refractivity contribution < 1.29 is 19.4 Å². The molecule has 2 amide bonds. The first kappa shape index (κ1) is 23.1. The molecule has 3 rings (SSSR count). The van der Waals surface area contributed by atoms with Crippen LogP contribution in [0, 0.1) is 5.92 Å². The number of ether oxygens (including phenoxy) is 1. The van der Waals surface area contributed by atoms with Gasteiger partial charge in [-0.05, 0) is 40.5 Å². The number of halogens is 1. The van der Waals surface area contributed by atoms with E-state index in [0.717, 1.165) is 5.56 Å². The summed E-state index contributed by atoms with van der Waals surface area (Å²) in [7, 11) is 1.74. The molecule has 0 saturated heterocycles. The molecule has 0 bridgehead atoms. The molecule has 1 aliphatic heterocycles. The van der Waals surface area contributed by atoms with Crippen LogP contribution in [0.15, 0.2) is 41.3 Å². The van der Waals surface area contributed by atoms with Crippen molar-refractivity contribution in [2.75, 3.05) is 26.7 Å². The highest BCUT2D eigenvalue weighted by Crippen LogP contribution is 2.28. The molecule has 0 aliphatic carbocycles. The predicted octanol–water partition coefficient (Wildman–Crippen LogP) is 2.16. The number of carbonyl (C=O) groups excluding carboxylic acids is 2. The van der Waals surface area contributed by atoms with Gasteiger partial charge >= 0.3 is 0 Å². The normalized spacial score (nSPS) is 19.6. The molecule has 1 N–H and O–H groups in total. The summed E-state index contributed by atoms with van der Waals surface area (Å²) >= 11 is 3.36. The number of aliphatic hydroxyl groups is 1. The molecule has 0 aromatic carbocycles. The Morgan fingerprint density at radius 3 is 2.90 bits per heavy atom. The summed E-state index contributed by atoms with van der Waals surface area (Å²) < 4.78 is 6.82. The number of hydrogen-bond acceptors (Lipinski definition) is 6. The van der Waals surface area contributed by atoms with Gasteiger partial charge in [-0.3, -0.25) is 14.6 Å². The van der Waals surface area contributed by atoms with E-state index in [4.69, 9.17) is 4.74 Å². The fourth-order valence-electron chi connectivity index (χ4n) is 3.48. The first-order chi connectivity index (χ1) is 14.8. The Hall–Kier alpha value is -2.52. The molecular formula is C22H27BrN4O4. The van der Waals surface area contributed by atoms with Gasteiger partial charge in [0.2, 0.25) is 11.8 Å². The maximum atomic E-state index is 13.1. The fourth-order valence-corrected chi connectivity index (χ4v) is 3.81. The van der Waals surface area contributed by atoms with Crippen molar-refractivity contribution in [3.8, 4) is 5.88 Å². The number of pyridine rings is 2. The molecule has 8 nitrogen and oxygen atoms in total. The number of aromatic nitrogens is 2. The largest absolute Gasteiger partial charge is 0.472 e. The van der Waals surface area contributed by atoms with Crippen LogP contribution in [0.4, 0.5) is 0 Å². The molecule has 0 unspecified atom stereocenters. The number of aliphatic hydroxyl groups excluding tert-OH is 1. The van der Waals surface area contributed by atoms with Crippen molar-refractivity contribution in [2.45, 2.75) is 32.4 Å². The lowest BCUT2D eigenvalue weighted by Gasteiger charge is -2.37. The number of hydrogen-bond donors (Lipinski definition) is 1.